The van der Waals surface area contributed by atoms with Crippen molar-refractivity contribution in [2.75, 3.05) is 25.1 Å². The van der Waals surface area contributed by atoms with E-state index in [-0.39, 0.29) is 10.6 Å². The van der Waals surface area contributed by atoms with Gasteiger partial charge in [-0.1, -0.05) is 22.0 Å². The van der Waals surface area contributed by atoms with Gasteiger partial charge in [0.25, 0.3) is 10.0 Å². The van der Waals surface area contributed by atoms with Crippen LogP contribution in [0.15, 0.2) is 45.8 Å². The van der Waals surface area contributed by atoms with Gasteiger partial charge in [-0.2, -0.15) is 0 Å². The fourth-order valence-corrected chi connectivity index (χ4v) is 5.34. The molecular formula is C18H18BrNO5S. The summed E-state index contributed by atoms with van der Waals surface area (Å²) in [5.74, 6) is -0.203. The lowest BCUT2D eigenvalue weighted by Gasteiger charge is -2.31. The van der Waals surface area contributed by atoms with Gasteiger partial charge in [0.1, 0.15) is 10.6 Å². The monoisotopic (exact) mass is 439 g/mol. The summed E-state index contributed by atoms with van der Waals surface area (Å²) in [5, 5.41) is 0. The van der Waals surface area contributed by atoms with Crippen molar-refractivity contribution in [2.45, 2.75) is 17.7 Å². The summed E-state index contributed by atoms with van der Waals surface area (Å²) in [4.78, 5) is 12.1. The van der Waals surface area contributed by atoms with Crippen LogP contribution in [0, 0.1) is 0 Å². The lowest BCUT2D eigenvalue weighted by molar-refractivity contribution is 0.0599. The Balaban J connectivity index is 2.16. The largest absolute Gasteiger partial charge is 0.495 e. The van der Waals surface area contributed by atoms with E-state index < -0.39 is 16.0 Å². The van der Waals surface area contributed by atoms with Crippen molar-refractivity contribution in [2.24, 2.45) is 0 Å². The third-order valence-corrected chi connectivity index (χ3v) is 6.63. The molecule has 3 rings (SSSR count). The van der Waals surface area contributed by atoms with Crippen LogP contribution >= 0.6 is 15.9 Å². The van der Waals surface area contributed by atoms with Crippen LogP contribution < -0.4 is 9.04 Å². The van der Waals surface area contributed by atoms with Gasteiger partial charge in [0.15, 0.2) is 0 Å². The molecule has 26 heavy (non-hydrogen) atoms. The SMILES string of the molecule is COC(=O)c1cccc2c1CCCN2S(=O)(=O)c1cc(Br)ccc1OC. The average Bonchev–Trinajstić information content (AvgIpc) is 2.66. The van der Waals surface area contributed by atoms with Gasteiger partial charge >= 0.3 is 5.97 Å². The lowest BCUT2D eigenvalue weighted by Crippen LogP contribution is -2.36. The molecule has 0 radical (unpaired) electrons. The minimum atomic E-state index is -3.86. The van der Waals surface area contributed by atoms with Gasteiger partial charge in [0, 0.05) is 11.0 Å². The molecule has 2 aromatic rings. The highest BCUT2D eigenvalue weighted by Gasteiger charge is 2.33. The van der Waals surface area contributed by atoms with Gasteiger partial charge in [-0.3, -0.25) is 4.31 Å². The van der Waals surface area contributed by atoms with Crippen molar-refractivity contribution in [3.8, 4) is 5.75 Å². The van der Waals surface area contributed by atoms with E-state index >= 15 is 0 Å². The minimum absolute atomic E-state index is 0.0747. The fraction of sp³-hybridized carbons (Fsp3) is 0.278. The van der Waals surface area contributed by atoms with Gasteiger partial charge in [-0.15, -0.1) is 0 Å². The second kappa shape index (κ2) is 7.28. The Bertz CT molecular complexity index is 958. The first-order valence-corrected chi connectivity index (χ1v) is 10.2. The smallest absolute Gasteiger partial charge is 0.338 e. The molecule has 0 amide bonds. The second-order valence-corrected chi connectivity index (χ2v) is 8.52. The second-order valence-electron chi connectivity index (χ2n) is 5.77. The molecule has 1 aliphatic rings. The number of benzene rings is 2. The summed E-state index contributed by atoms with van der Waals surface area (Å²) < 4.78 is 38.7. The summed E-state index contributed by atoms with van der Waals surface area (Å²) in [6.45, 7) is 0.329. The van der Waals surface area contributed by atoms with E-state index in [0.717, 1.165) is 0 Å². The van der Waals surface area contributed by atoms with Gasteiger partial charge in [0.2, 0.25) is 0 Å². The first-order chi connectivity index (χ1) is 12.4. The molecule has 0 saturated carbocycles. The maximum atomic E-state index is 13.3. The van der Waals surface area contributed by atoms with Gasteiger partial charge in [-0.25, -0.2) is 13.2 Å². The topological polar surface area (TPSA) is 72.9 Å². The van der Waals surface area contributed by atoms with E-state index in [1.807, 2.05) is 0 Å². The van der Waals surface area contributed by atoms with Crippen molar-refractivity contribution in [3.05, 3.63) is 52.0 Å². The Hall–Kier alpha value is -2.06. The van der Waals surface area contributed by atoms with E-state index in [4.69, 9.17) is 9.47 Å². The van der Waals surface area contributed by atoms with Crippen LogP contribution in [0.2, 0.25) is 0 Å². The number of methoxy groups -OCH3 is 2. The minimum Gasteiger partial charge on any atom is -0.495 e. The number of rotatable bonds is 4. The molecule has 0 N–H and O–H groups in total. The number of anilines is 1. The number of esters is 1. The van der Waals surface area contributed by atoms with Crippen LogP contribution in [0.1, 0.15) is 22.3 Å². The number of nitrogens with zero attached hydrogens (tertiary/aromatic N) is 1. The maximum Gasteiger partial charge on any atom is 0.338 e. The first-order valence-electron chi connectivity index (χ1n) is 7.96. The number of hydrogen-bond donors (Lipinski definition) is 0. The maximum absolute atomic E-state index is 13.3. The molecule has 0 saturated heterocycles. The summed E-state index contributed by atoms with van der Waals surface area (Å²) in [6, 6.07) is 9.87. The molecule has 1 aliphatic heterocycles. The zero-order valence-corrected chi connectivity index (χ0v) is 16.8. The van der Waals surface area contributed by atoms with E-state index in [1.165, 1.54) is 24.6 Å². The highest BCUT2D eigenvalue weighted by molar-refractivity contribution is 9.10. The number of sulfonamides is 1. The zero-order valence-electron chi connectivity index (χ0n) is 14.4. The predicted octanol–water partition coefficient (Wildman–Crippen LogP) is 3.39. The third kappa shape index (κ3) is 3.19. The first kappa shape index (κ1) is 18.7. The molecule has 0 spiro atoms. The van der Waals surface area contributed by atoms with Crippen molar-refractivity contribution in [1.82, 2.24) is 0 Å². The van der Waals surface area contributed by atoms with Gasteiger partial charge < -0.3 is 9.47 Å². The van der Waals surface area contributed by atoms with Crippen molar-refractivity contribution in [1.29, 1.82) is 0 Å². The summed E-state index contributed by atoms with van der Waals surface area (Å²) in [5.41, 5.74) is 1.58. The Labute approximate surface area is 160 Å². The normalized spacial score (nSPS) is 13.9. The Morgan fingerprint density at radius 3 is 2.65 bits per heavy atom. The molecule has 0 aliphatic carbocycles. The van der Waals surface area contributed by atoms with E-state index in [1.54, 1.807) is 30.3 Å². The molecule has 0 atom stereocenters. The molecule has 2 aromatic carbocycles. The van der Waals surface area contributed by atoms with E-state index in [9.17, 15) is 13.2 Å². The molecule has 138 valence electrons. The highest BCUT2D eigenvalue weighted by Crippen LogP contribution is 2.37. The molecule has 1 heterocycles. The van der Waals surface area contributed by atoms with Crippen molar-refractivity contribution >= 4 is 37.6 Å². The third-order valence-electron chi connectivity index (χ3n) is 4.31. The highest BCUT2D eigenvalue weighted by atomic mass is 79.9. The fourth-order valence-electron chi connectivity index (χ4n) is 3.11. The van der Waals surface area contributed by atoms with E-state index in [0.29, 0.717) is 40.7 Å². The van der Waals surface area contributed by atoms with Crippen LogP contribution in [-0.2, 0) is 21.2 Å². The molecule has 8 heteroatoms. The van der Waals surface area contributed by atoms with Crippen molar-refractivity contribution in [3.63, 3.8) is 0 Å². The Kier molecular flexibility index (Phi) is 5.24. The summed E-state index contributed by atoms with van der Waals surface area (Å²) in [6.07, 6.45) is 1.22. The molecular weight excluding hydrogens is 422 g/mol. The van der Waals surface area contributed by atoms with Gasteiger partial charge in [0.05, 0.1) is 25.5 Å². The Morgan fingerprint density at radius 2 is 1.96 bits per heavy atom. The van der Waals surface area contributed by atoms with Crippen LogP contribution in [0.25, 0.3) is 0 Å². The van der Waals surface area contributed by atoms with Crippen LogP contribution in [0.4, 0.5) is 5.69 Å². The number of ether oxygens (including phenoxy) is 2. The molecule has 0 unspecified atom stereocenters. The standard InChI is InChI=1S/C18H18BrNO5S/c1-24-16-9-8-12(19)11-17(16)26(22,23)20-10-4-6-13-14(18(21)25-2)5-3-7-15(13)20/h3,5,7-9,11H,4,6,10H2,1-2H3. The average molecular weight is 440 g/mol. The quantitative estimate of drug-likeness (QED) is 0.682. The predicted molar refractivity (Wildman–Crippen MR) is 101 cm³/mol. The summed E-state index contributed by atoms with van der Waals surface area (Å²) in [7, 11) is -1.12. The number of hydrogen-bond acceptors (Lipinski definition) is 5. The van der Waals surface area contributed by atoms with Gasteiger partial charge in [-0.05, 0) is 48.7 Å². The molecule has 0 aromatic heterocycles. The van der Waals surface area contributed by atoms with Crippen molar-refractivity contribution < 1.29 is 22.7 Å². The number of fused-ring (bicyclic) bond motifs is 1. The van der Waals surface area contributed by atoms with Crippen LogP contribution in [0.5, 0.6) is 5.75 Å². The van der Waals surface area contributed by atoms with Crippen LogP contribution in [-0.4, -0.2) is 35.2 Å². The summed E-state index contributed by atoms with van der Waals surface area (Å²) >= 11 is 3.31. The Morgan fingerprint density at radius 1 is 1.19 bits per heavy atom. The number of halogens is 1. The molecule has 6 nitrogen and oxygen atoms in total. The molecule has 0 fully saturated rings. The lowest BCUT2D eigenvalue weighted by atomic mass is 9.98. The molecule has 0 bridgehead atoms. The number of carbonyl (C=O) groups is 1. The van der Waals surface area contributed by atoms with E-state index in [2.05, 4.69) is 15.9 Å². The number of carbonyl (C=O) groups excluding carboxylic acids is 1. The van der Waals surface area contributed by atoms with Crippen LogP contribution in [0.3, 0.4) is 0 Å². The zero-order chi connectivity index (χ0) is 18.9.